The van der Waals surface area contributed by atoms with Crippen LogP contribution in [-0.2, 0) is 19.4 Å². The van der Waals surface area contributed by atoms with E-state index in [0.29, 0.717) is 5.88 Å². The molecule has 0 N–H and O–H groups in total. The first kappa shape index (κ1) is 10.5. The molecule has 0 radical (unpaired) electrons. The van der Waals surface area contributed by atoms with E-state index in [9.17, 15) is 0 Å². The molecule has 0 aliphatic carbocycles. The summed E-state index contributed by atoms with van der Waals surface area (Å²) < 4.78 is 1.97. The van der Waals surface area contributed by atoms with E-state index in [-0.39, 0.29) is 0 Å². The lowest BCUT2D eigenvalue weighted by molar-refractivity contribution is 0.570. The average molecular weight is 202 g/mol. The molecule has 74 valence electrons. The number of hydrogen-bond donors (Lipinski definition) is 0. The molecule has 0 aliphatic heterocycles. The summed E-state index contributed by atoms with van der Waals surface area (Å²) in [6.07, 6.45) is 2.80. The Bertz CT molecular complexity index is 257. The standard InChI is InChI=1S/C9H16ClN3/c1-3-8-11-9(4-2)13(12-8)7-5-6-10/h3-7H2,1-2H3. The van der Waals surface area contributed by atoms with Gasteiger partial charge in [0, 0.05) is 25.3 Å². The van der Waals surface area contributed by atoms with Crippen LogP contribution in [0.3, 0.4) is 0 Å². The second-order valence-electron chi connectivity index (χ2n) is 2.92. The second-order valence-corrected chi connectivity index (χ2v) is 3.30. The van der Waals surface area contributed by atoms with Gasteiger partial charge in [-0.2, -0.15) is 5.10 Å². The Morgan fingerprint density at radius 2 is 2.08 bits per heavy atom. The van der Waals surface area contributed by atoms with Crippen molar-refractivity contribution in [1.29, 1.82) is 0 Å². The minimum Gasteiger partial charge on any atom is -0.250 e. The first-order valence-electron chi connectivity index (χ1n) is 4.80. The molecule has 0 fully saturated rings. The maximum Gasteiger partial charge on any atom is 0.150 e. The Morgan fingerprint density at radius 1 is 1.31 bits per heavy atom. The number of halogens is 1. The lowest BCUT2D eigenvalue weighted by Gasteiger charge is -2.00. The minimum atomic E-state index is 0.685. The van der Waals surface area contributed by atoms with Crippen LogP contribution in [0.5, 0.6) is 0 Å². The predicted octanol–water partition coefficient (Wildman–Crippen LogP) is 2.03. The summed E-state index contributed by atoms with van der Waals surface area (Å²) in [6.45, 7) is 5.06. The van der Waals surface area contributed by atoms with Gasteiger partial charge in [-0.3, -0.25) is 0 Å². The number of nitrogens with zero attached hydrogens (tertiary/aromatic N) is 3. The lowest BCUT2D eigenvalue weighted by atomic mass is 10.4. The highest BCUT2D eigenvalue weighted by Crippen LogP contribution is 2.02. The van der Waals surface area contributed by atoms with Gasteiger partial charge in [0.15, 0.2) is 5.82 Å². The minimum absolute atomic E-state index is 0.685. The van der Waals surface area contributed by atoms with Crippen molar-refractivity contribution < 1.29 is 0 Å². The van der Waals surface area contributed by atoms with Gasteiger partial charge in [-0.05, 0) is 6.42 Å². The van der Waals surface area contributed by atoms with E-state index in [4.69, 9.17) is 11.6 Å². The van der Waals surface area contributed by atoms with Gasteiger partial charge in [-0.25, -0.2) is 9.67 Å². The fourth-order valence-electron chi connectivity index (χ4n) is 1.23. The highest BCUT2D eigenvalue weighted by atomic mass is 35.5. The number of hydrogen-bond acceptors (Lipinski definition) is 2. The summed E-state index contributed by atoms with van der Waals surface area (Å²) in [7, 11) is 0. The zero-order chi connectivity index (χ0) is 9.68. The molecule has 1 heterocycles. The van der Waals surface area contributed by atoms with Crippen LogP contribution < -0.4 is 0 Å². The molecule has 0 saturated heterocycles. The van der Waals surface area contributed by atoms with E-state index in [0.717, 1.165) is 37.5 Å². The molecule has 0 atom stereocenters. The van der Waals surface area contributed by atoms with Crippen molar-refractivity contribution in [3.63, 3.8) is 0 Å². The molecule has 3 nitrogen and oxygen atoms in total. The van der Waals surface area contributed by atoms with Crippen molar-refractivity contribution in [1.82, 2.24) is 14.8 Å². The molecule has 0 amide bonds. The van der Waals surface area contributed by atoms with Crippen LogP contribution in [0.25, 0.3) is 0 Å². The summed E-state index contributed by atoms with van der Waals surface area (Å²) in [4.78, 5) is 4.41. The Balaban J connectivity index is 2.71. The van der Waals surface area contributed by atoms with Crippen molar-refractivity contribution in [2.45, 2.75) is 39.7 Å². The molecule has 13 heavy (non-hydrogen) atoms. The van der Waals surface area contributed by atoms with E-state index < -0.39 is 0 Å². The maximum atomic E-state index is 5.63. The van der Waals surface area contributed by atoms with Crippen molar-refractivity contribution >= 4 is 11.6 Å². The van der Waals surface area contributed by atoms with Crippen LogP contribution in [0.4, 0.5) is 0 Å². The van der Waals surface area contributed by atoms with Gasteiger partial charge in [0.1, 0.15) is 5.82 Å². The predicted molar refractivity (Wildman–Crippen MR) is 54.1 cm³/mol. The van der Waals surface area contributed by atoms with E-state index in [1.165, 1.54) is 0 Å². The van der Waals surface area contributed by atoms with Crippen molar-refractivity contribution in [2.24, 2.45) is 0 Å². The Labute approximate surface area is 84.1 Å². The van der Waals surface area contributed by atoms with Crippen molar-refractivity contribution in [3.05, 3.63) is 11.6 Å². The number of aromatic nitrogens is 3. The summed E-state index contributed by atoms with van der Waals surface area (Å²) >= 11 is 5.63. The normalized spacial score (nSPS) is 10.7. The zero-order valence-electron chi connectivity index (χ0n) is 8.26. The SMILES string of the molecule is CCc1nc(CC)n(CCCCl)n1. The first-order chi connectivity index (χ1) is 6.31. The van der Waals surface area contributed by atoms with Crippen LogP contribution in [0.2, 0.25) is 0 Å². The Morgan fingerprint density at radius 3 is 2.62 bits per heavy atom. The van der Waals surface area contributed by atoms with Gasteiger partial charge >= 0.3 is 0 Å². The molecular formula is C9H16ClN3. The topological polar surface area (TPSA) is 30.7 Å². The molecule has 0 saturated carbocycles. The third kappa shape index (κ3) is 2.69. The van der Waals surface area contributed by atoms with Gasteiger partial charge in [0.25, 0.3) is 0 Å². The van der Waals surface area contributed by atoms with Crippen LogP contribution in [0.15, 0.2) is 0 Å². The van der Waals surface area contributed by atoms with E-state index in [1.54, 1.807) is 0 Å². The van der Waals surface area contributed by atoms with Crippen LogP contribution in [0, 0.1) is 0 Å². The molecular weight excluding hydrogens is 186 g/mol. The van der Waals surface area contributed by atoms with Gasteiger partial charge < -0.3 is 0 Å². The molecule has 0 spiro atoms. The largest absolute Gasteiger partial charge is 0.250 e. The third-order valence-electron chi connectivity index (χ3n) is 1.93. The van der Waals surface area contributed by atoms with Crippen molar-refractivity contribution in [3.8, 4) is 0 Å². The lowest BCUT2D eigenvalue weighted by Crippen LogP contribution is -2.05. The number of alkyl halides is 1. The van der Waals surface area contributed by atoms with Crippen molar-refractivity contribution in [2.75, 3.05) is 5.88 Å². The summed E-state index contributed by atoms with van der Waals surface area (Å²) in [5.41, 5.74) is 0. The quantitative estimate of drug-likeness (QED) is 0.683. The van der Waals surface area contributed by atoms with Crippen LogP contribution >= 0.6 is 11.6 Å². The Kier molecular flexibility index (Phi) is 4.22. The van der Waals surface area contributed by atoms with Gasteiger partial charge in [0.05, 0.1) is 0 Å². The Hall–Kier alpha value is -0.570. The van der Waals surface area contributed by atoms with E-state index >= 15 is 0 Å². The molecule has 1 aromatic heterocycles. The smallest absolute Gasteiger partial charge is 0.150 e. The van der Waals surface area contributed by atoms with Gasteiger partial charge in [-0.15, -0.1) is 11.6 Å². The summed E-state index contributed by atoms with van der Waals surface area (Å²) in [5, 5.41) is 4.38. The summed E-state index contributed by atoms with van der Waals surface area (Å²) in [5.74, 6) is 2.69. The molecule has 0 bridgehead atoms. The third-order valence-corrected chi connectivity index (χ3v) is 2.20. The first-order valence-corrected chi connectivity index (χ1v) is 5.33. The molecule has 0 aromatic carbocycles. The second kappa shape index (κ2) is 5.22. The fourth-order valence-corrected chi connectivity index (χ4v) is 1.35. The molecule has 1 rings (SSSR count). The average Bonchev–Trinajstić information content (AvgIpc) is 2.57. The highest BCUT2D eigenvalue weighted by Gasteiger charge is 2.05. The summed E-state index contributed by atoms with van der Waals surface area (Å²) in [6, 6.07) is 0. The number of rotatable bonds is 5. The fraction of sp³-hybridized carbons (Fsp3) is 0.778. The number of aryl methyl sites for hydroxylation is 3. The highest BCUT2D eigenvalue weighted by molar-refractivity contribution is 6.17. The molecule has 1 aromatic rings. The van der Waals surface area contributed by atoms with Gasteiger partial charge in [-0.1, -0.05) is 13.8 Å². The maximum absolute atomic E-state index is 5.63. The van der Waals surface area contributed by atoms with Crippen LogP contribution in [-0.4, -0.2) is 20.6 Å². The van der Waals surface area contributed by atoms with E-state index in [2.05, 4.69) is 23.9 Å². The van der Waals surface area contributed by atoms with Gasteiger partial charge in [0.2, 0.25) is 0 Å². The molecule has 0 aliphatic rings. The van der Waals surface area contributed by atoms with E-state index in [1.807, 2.05) is 4.68 Å². The zero-order valence-corrected chi connectivity index (χ0v) is 9.01. The van der Waals surface area contributed by atoms with Crippen LogP contribution in [0.1, 0.15) is 31.9 Å². The molecule has 0 unspecified atom stereocenters. The molecule has 4 heteroatoms. The monoisotopic (exact) mass is 201 g/mol.